The molecule has 4 heteroatoms. The number of nitrogens with zero attached hydrogens (tertiary/aromatic N) is 2. The van der Waals surface area contributed by atoms with Gasteiger partial charge in [-0.2, -0.15) is 0 Å². The van der Waals surface area contributed by atoms with Gasteiger partial charge in [0.25, 0.3) is 0 Å². The number of methoxy groups -OCH3 is 1. The van der Waals surface area contributed by atoms with E-state index in [2.05, 4.69) is 30.6 Å². The van der Waals surface area contributed by atoms with Crippen LogP contribution in [0.3, 0.4) is 0 Å². The van der Waals surface area contributed by atoms with Crippen molar-refractivity contribution < 1.29 is 9.47 Å². The first-order valence-electron chi connectivity index (χ1n) is 10.1. The van der Waals surface area contributed by atoms with E-state index >= 15 is 0 Å². The molecule has 0 aromatic rings. The van der Waals surface area contributed by atoms with Gasteiger partial charge in [-0.3, -0.25) is 9.80 Å². The van der Waals surface area contributed by atoms with Crippen molar-refractivity contribution in [3.63, 3.8) is 0 Å². The maximum Gasteiger partial charge on any atom is 0.0621 e. The van der Waals surface area contributed by atoms with Crippen LogP contribution >= 0.6 is 0 Å². The molecule has 1 unspecified atom stereocenters. The van der Waals surface area contributed by atoms with E-state index in [1.807, 2.05) is 7.11 Å². The van der Waals surface area contributed by atoms with Crippen LogP contribution in [-0.4, -0.2) is 75.0 Å². The van der Waals surface area contributed by atoms with E-state index in [-0.39, 0.29) is 0 Å². The van der Waals surface area contributed by atoms with Gasteiger partial charge in [-0.05, 0) is 57.0 Å². The molecule has 2 aliphatic heterocycles. The molecule has 2 heterocycles. The van der Waals surface area contributed by atoms with Crippen LogP contribution in [0.5, 0.6) is 0 Å². The SMILES string of the molecule is COC[C@H]1CCCN1CC(C)CCOC[C@@H]1CCCN1CC(C)C. The Kier molecular flexibility index (Phi) is 9.02. The molecule has 2 fully saturated rings. The second-order valence-electron chi connectivity index (χ2n) is 8.40. The van der Waals surface area contributed by atoms with Crippen molar-refractivity contribution in [3.8, 4) is 0 Å². The largest absolute Gasteiger partial charge is 0.383 e. The third-order valence-electron chi connectivity index (χ3n) is 5.57. The summed E-state index contributed by atoms with van der Waals surface area (Å²) in [4.78, 5) is 5.25. The van der Waals surface area contributed by atoms with Crippen LogP contribution in [0.15, 0.2) is 0 Å². The lowest BCUT2D eigenvalue weighted by atomic mass is 10.1. The summed E-state index contributed by atoms with van der Waals surface area (Å²) in [7, 11) is 1.82. The van der Waals surface area contributed by atoms with E-state index < -0.39 is 0 Å². The molecule has 2 saturated heterocycles. The Morgan fingerprint density at radius 2 is 1.54 bits per heavy atom. The highest BCUT2D eigenvalue weighted by atomic mass is 16.5. The van der Waals surface area contributed by atoms with Crippen molar-refractivity contribution in [3.05, 3.63) is 0 Å². The Balaban J connectivity index is 1.58. The highest BCUT2D eigenvalue weighted by Crippen LogP contribution is 2.21. The number of hydrogen-bond acceptors (Lipinski definition) is 4. The second kappa shape index (κ2) is 10.7. The summed E-state index contributed by atoms with van der Waals surface area (Å²) < 4.78 is 11.4. The topological polar surface area (TPSA) is 24.9 Å². The number of ether oxygens (including phenoxy) is 2. The van der Waals surface area contributed by atoms with Gasteiger partial charge in [-0.1, -0.05) is 20.8 Å². The lowest BCUT2D eigenvalue weighted by Crippen LogP contribution is -2.37. The van der Waals surface area contributed by atoms with Gasteiger partial charge in [-0.25, -0.2) is 0 Å². The quantitative estimate of drug-likeness (QED) is 0.539. The van der Waals surface area contributed by atoms with E-state index in [1.54, 1.807) is 0 Å². The lowest BCUT2D eigenvalue weighted by Gasteiger charge is -2.28. The van der Waals surface area contributed by atoms with E-state index in [0.29, 0.717) is 18.0 Å². The smallest absolute Gasteiger partial charge is 0.0621 e. The molecule has 4 nitrogen and oxygen atoms in total. The zero-order valence-electron chi connectivity index (χ0n) is 16.5. The standard InChI is InChI=1S/C20H40N2O2/c1-17(2)13-21-10-6-8-20(21)16-24-12-9-18(3)14-22-11-5-7-19(22)15-23-4/h17-20H,5-16H2,1-4H3/t18?,19-,20+/m1/s1. The summed E-state index contributed by atoms with van der Waals surface area (Å²) in [6.07, 6.45) is 6.45. The van der Waals surface area contributed by atoms with Gasteiger partial charge in [0, 0.05) is 38.9 Å². The zero-order chi connectivity index (χ0) is 17.4. The molecule has 0 spiro atoms. The number of likely N-dealkylation sites (tertiary alicyclic amines) is 2. The normalized spacial score (nSPS) is 27.4. The fourth-order valence-electron chi connectivity index (χ4n) is 4.31. The molecule has 0 aromatic carbocycles. The van der Waals surface area contributed by atoms with Crippen molar-refractivity contribution in [2.45, 2.75) is 65.0 Å². The average molecular weight is 341 g/mol. The molecule has 0 aliphatic carbocycles. The summed E-state index contributed by atoms with van der Waals surface area (Å²) in [6.45, 7) is 14.6. The van der Waals surface area contributed by atoms with Gasteiger partial charge >= 0.3 is 0 Å². The fourth-order valence-corrected chi connectivity index (χ4v) is 4.31. The molecule has 0 aromatic heterocycles. The Bertz CT molecular complexity index is 338. The van der Waals surface area contributed by atoms with Crippen LogP contribution in [0, 0.1) is 11.8 Å². The predicted octanol–water partition coefficient (Wildman–Crippen LogP) is 3.26. The van der Waals surface area contributed by atoms with Crippen molar-refractivity contribution in [2.24, 2.45) is 11.8 Å². The van der Waals surface area contributed by atoms with Crippen molar-refractivity contribution in [2.75, 3.05) is 53.1 Å². The summed E-state index contributed by atoms with van der Waals surface area (Å²) in [5, 5.41) is 0. The Hall–Kier alpha value is -0.160. The van der Waals surface area contributed by atoms with Crippen molar-refractivity contribution >= 4 is 0 Å². The van der Waals surface area contributed by atoms with Crippen LogP contribution in [0.2, 0.25) is 0 Å². The molecule has 0 bridgehead atoms. The summed E-state index contributed by atoms with van der Waals surface area (Å²) in [6, 6.07) is 1.30. The minimum absolute atomic E-state index is 0.640. The third-order valence-corrected chi connectivity index (χ3v) is 5.57. The molecule has 142 valence electrons. The molecule has 0 radical (unpaired) electrons. The first-order chi connectivity index (χ1) is 11.6. The van der Waals surface area contributed by atoms with Crippen molar-refractivity contribution in [1.82, 2.24) is 9.80 Å². The molecule has 2 rings (SSSR count). The van der Waals surface area contributed by atoms with Gasteiger partial charge < -0.3 is 9.47 Å². The van der Waals surface area contributed by atoms with E-state index in [1.165, 1.54) is 58.3 Å². The molecule has 24 heavy (non-hydrogen) atoms. The summed E-state index contributed by atoms with van der Waals surface area (Å²) in [5.74, 6) is 1.46. The first-order valence-corrected chi connectivity index (χ1v) is 10.1. The first kappa shape index (κ1) is 20.2. The molecule has 0 saturated carbocycles. The third kappa shape index (κ3) is 6.62. The average Bonchev–Trinajstić information content (AvgIpc) is 3.14. The van der Waals surface area contributed by atoms with Crippen LogP contribution < -0.4 is 0 Å². The van der Waals surface area contributed by atoms with Gasteiger partial charge in [0.15, 0.2) is 0 Å². The van der Waals surface area contributed by atoms with Gasteiger partial charge in [0.05, 0.1) is 13.2 Å². The predicted molar refractivity (Wildman–Crippen MR) is 101 cm³/mol. The molecular formula is C20H40N2O2. The maximum absolute atomic E-state index is 6.05. The maximum atomic E-state index is 6.05. The number of rotatable bonds is 11. The summed E-state index contributed by atoms with van der Waals surface area (Å²) in [5.41, 5.74) is 0. The van der Waals surface area contributed by atoms with Gasteiger partial charge in [-0.15, -0.1) is 0 Å². The summed E-state index contributed by atoms with van der Waals surface area (Å²) >= 11 is 0. The molecule has 0 amide bonds. The van der Waals surface area contributed by atoms with E-state index in [4.69, 9.17) is 9.47 Å². The zero-order valence-corrected chi connectivity index (χ0v) is 16.5. The molecule has 0 N–H and O–H groups in total. The second-order valence-corrected chi connectivity index (χ2v) is 8.40. The minimum Gasteiger partial charge on any atom is -0.383 e. The van der Waals surface area contributed by atoms with Gasteiger partial charge in [0.2, 0.25) is 0 Å². The molecule has 2 aliphatic rings. The number of hydrogen-bond donors (Lipinski definition) is 0. The Morgan fingerprint density at radius 1 is 0.917 bits per heavy atom. The van der Waals surface area contributed by atoms with Gasteiger partial charge in [0.1, 0.15) is 0 Å². The van der Waals surface area contributed by atoms with E-state index in [9.17, 15) is 0 Å². The Morgan fingerprint density at radius 3 is 2.17 bits per heavy atom. The Labute approximate surface area is 149 Å². The van der Waals surface area contributed by atoms with Crippen LogP contribution in [0.4, 0.5) is 0 Å². The highest BCUT2D eigenvalue weighted by molar-refractivity contribution is 4.81. The highest BCUT2D eigenvalue weighted by Gasteiger charge is 2.26. The minimum atomic E-state index is 0.640. The van der Waals surface area contributed by atoms with Crippen LogP contribution in [0.25, 0.3) is 0 Å². The lowest BCUT2D eigenvalue weighted by molar-refractivity contribution is 0.0597. The monoisotopic (exact) mass is 340 g/mol. The molecular weight excluding hydrogens is 300 g/mol. The fraction of sp³-hybridized carbons (Fsp3) is 1.00. The van der Waals surface area contributed by atoms with Crippen LogP contribution in [-0.2, 0) is 9.47 Å². The molecule has 3 atom stereocenters. The van der Waals surface area contributed by atoms with Crippen LogP contribution in [0.1, 0.15) is 52.9 Å². The van der Waals surface area contributed by atoms with E-state index in [0.717, 1.165) is 25.7 Å². The van der Waals surface area contributed by atoms with Crippen molar-refractivity contribution in [1.29, 1.82) is 0 Å².